The summed E-state index contributed by atoms with van der Waals surface area (Å²) in [6.07, 6.45) is 0.778. The lowest BCUT2D eigenvalue weighted by Crippen LogP contribution is -2.18. The highest BCUT2D eigenvalue weighted by atomic mass is 16.4. The van der Waals surface area contributed by atoms with Crippen molar-refractivity contribution in [1.29, 1.82) is 0 Å². The van der Waals surface area contributed by atoms with E-state index >= 15 is 0 Å². The van der Waals surface area contributed by atoms with Gasteiger partial charge in [-0.25, -0.2) is 0 Å². The number of carbonyl (C=O) groups is 1. The van der Waals surface area contributed by atoms with Gasteiger partial charge in [-0.05, 0) is 0 Å². The third kappa shape index (κ3) is 2.75. The second-order valence-corrected chi connectivity index (χ2v) is 0.859. The summed E-state index contributed by atoms with van der Waals surface area (Å²) in [4.78, 5) is 9.99. The van der Waals surface area contributed by atoms with Crippen molar-refractivity contribution in [2.45, 2.75) is 0 Å². The third-order valence-corrected chi connectivity index (χ3v) is 0.421. The van der Waals surface area contributed by atoms with Gasteiger partial charge >= 0.3 is 0 Å². The van der Waals surface area contributed by atoms with Crippen LogP contribution in [0.25, 0.3) is 0 Å². The number of amides is 1. The summed E-state index contributed by atoms with van der Waals surface area (Å²) in [5.41, 5.74) is 0. The van der Waals surface area contributed by atoms with E-state index in [1.54, 1.807) is 0 Å². The van der Waals surface area contributed by atoms with Gasteiger partial charge in [-0.1, -0.05) is 5.16 Å². The molecule has 0 bridgehead atoms. The van der Waals surface area contributed by atoms with E-state index in [1.807, 2.05) is 0 Å². The molecule has 4 nitrogen and oxygen atoms in total. The Kier molecular flexibility index (Phi) is 2.67. The molecule has 0 aromatic rings. The summed E-state index contributed by atoms with van der Waals surface area (Å²) in [6.45, 7) is 0. The Balaban J connectivity index is 3.37. The Morgan fingerprint density at radius 1 is 2.00 bits per heavy atom. The van der Waals surface area contributed by atoms with Gasteiger partial charge in [0.2, 0.25) is 0 Å². The molecule has 2 N–H and O–H groups in total. The molecule has 40 valence electrons. The molecule has 0 atom stereocenters. The van der Waals surface area contributed by atoms with Crippen LogP contribution >= 0.6 is 0 Å². The molecular weight excluding hydrogens is 96.0 g/mol. The third-order valence-electron chi connectivity index (χ3n) is 0.421. The molecule has 0 aliphatic heterocycles. The summed E-state index contributed by atoms with van der Waals surface area (Å²) >= 11 is 0. The van der Waals surface area contributed by atoms with Gasteiger partial charge in [0.1, 0.15) is 6.21 Å². The number of oxime groups is 1. The molecular formula is C3H6N2O2. The van der Waals surface area contributed by atoms with Crippen LogP contribution < -0.4 is 5.32 Å². The van der Waals surface area contributed by atoms with E-state index in [4.69, 9.17) is 5.21 Å². The second-order valence-electron chi connectivity index (χ2n) is 0.859. The van der Waals surface area contributed by atoms with E-state index in [2.05, 4.69) is 10.5 Å². The Labute approximate surface area is 40.8 Å². The maximum Gasteiger partial charge on any atom is 0.265 e. The number of rotatable bonds is 1. The summed E-state index contributed by atoms with van der Waals surface area (Å²) in [6, 6.07) is 0. The van der Waals surface area contributed by atoms with Crippen molar-refractivity contribution < 1.29 is 10.0 Å². The SMILES string of the molecule is CNC(=O)C=NO. The Hall–Kier alpha value is -1.06. The lowest BCUT2D eigenvalue weighted by molar-refractivity contribution is -0.114. The van der Waals surface area contributed by atoms with E-state index < -0.39 is 5.91 Å². The standard InChI is InChI=1S/C3H6N2O2/c1-4-3(6)2-5-7/h2,7H,1H3,(H,4,6). The van der Waals surface area contributed by atoms with E-state index in [9.17, 15) is 4.79 Å². The molecule has 0 saturated heterocycles. The zero-order chi connectivity index (χ0) is 5.70. The van der Waals surface area contributed by atoms with Crippen molar-refractivity contribution in [1.82, 2.24) is 5.32 Å². The summed E-state index contributed by atoms with van der Waals surface area (Å²) in [5, 5.41) is 12.4. The van der Waals surface area contributed by atoms with Crippen molar-refractivity contribution in [2.75, 3.05) is 7.05 Å². The minimum atomic E-state index is -0.414. The summed E-state index contributed by atoms with van der Waals surface area (Å²) in [7, 11) is 1.45. The number of carbonyl (C=O) groups excluding carboxylic acids is 1. The predicted octanol–water partition coefficient (Wildman–Crippen LogP) is -0.808. The molecule has 0 saturated carbocycles. The quantitative estimate of drug-likeness (QED) is 0.258. The molecule has 0 fully saturated rings. The van der Waals surface area contributed by atoms with Gasteiger partial charge in [-0.2, -0.15) is 0 Å². The van der Waals surface area contributed by atoms with Crippen LogP contribution in [0.4, 0.5) is 0 Å². The fourth-order valence-electron chi connectivity index (χ4n) is 0.117. The van der Waals surface area contributed by atoms with Crippen LogP contribution in [0.3, 0.4) is 0 Å². The average molecular weight is 102 g/mol. The second kappa shape index (κ2) is 3.14. The molecule has 0 aliphatic rings. The van der Waals surface area contributed by atoms with Crippen LogP contribution in [0.5, 0.6) is 0 Å². The van der Waals surface area contributed by atoms with Crippen LogP contribution in [-0.4, -0.2) is 24.4 Å². The number of nitrogens with zero attached hydrogens (tertiary/aromatic N) is 1. The van der Waals surface area contributed by atoms with Gasteiger partial charge in [-0.3, -0.25) is 4.79 Å². The fraction of sp³-hybridized carbons (Fsp3) is 0.333. The van der Waals surface area contributed by atoms with Gasteiger partial charge < -0.3 is 10.5 Å². The van der Waals surface area contributed by atoms with Gasteiger partial charge in [-0.15, -0.1) is 0 Å². The molecule has 4 heteroatoms. The lowest BCUT2D eigenvalue weighted by atomic mass is 10.7. The Morgan fingerprint density at radius 3 is 2.71 bits per heavy atom. The largest absolute Gasteiger partial charge is 0.411 e. The first-order valence-electron chi connectivity index (χ1n) is 1.70. The van der Waals surface area contributed by atoms with Crippen LogP contribution in [-0.2, 0) is 4.79 Å². The zero-order valence-electron chi connectivity index (χ0n) is 3.88. The van der Waals surface area contributed by atoms with Crippen LogP contribution in [0.1, 0.15) is 0 Å². The Bertz CT molecular complexity index is 88.9. The van der Waals surface area contributed by atoms with Gasteiger partial charge in [0.15, 0.2) is 0 Å². The van der Waals surface area contributed by atoms with Crippen LogP contribution in [0, 0.1) is 0 Å². The minimum absolute atomic E-state index is 0.414. The number of hydrogen-bond acceptors (Lipinski definition) is 3. The molecule has 0 unspecified atom stereocenters. The van der Waals surface area contributed by atoms with Crippen molar-refractivity contribution in [3.8, 4) is 0 Å². The van der Waals surface area contributed by atoms with Crippen LogP contribution in [0.2, 0.25) is 0 Å². The molecule has 0 aromatic carbocycles. The molecule has 7 heavy (non-hydrogen) atoms. The van der Waals surface area contributed by atoms with E-state index in [0.717, 1.165) is 6.21 Å². The topological polar surface area (TPSA) is 61.7 Å². The van der Waals surface area contributed by atoms with Crippen molar-refractivity contribution in [2.24, 2.45) is 5.16 Å². The van der Waals surface area contributed by atoms with Crippen molar-refractivity contribution >= 4 is 12.1 Å². The first-order chi connectivity index (χ1) is 3.31. The minimum Gasteiger partial charge on any atom is -0.411 e. The number of hydrogen-bond donors (Lipinski definition) is 2. The Morgan fingerprint density at radius 2 is 2.57 bits per heavy atom. The maximum absolute atomic E-state index is 9.99. The molecule has 1 amide bonds. The zero-order valence-corrected chi connectivity index (χ0v) is 3.88. The fourth-order valence-corrected chi connectivity index (χ4v) is 0.117. The summed E-state index contributed by atoms with van der Waals surface area (Å²) in [5.74, 6) is -0.414. The molecule has 0 aliphatic carbocycles. The van der Waals surface area contributed by atoms with Crippen molar-refractivity contribution in [3.63, 3.8) is 0 Å². The van der Waals surface area contributed by atoms with E-state index in [1.165, 1.54) is 7.05 Å². The van der Waals surface area contributed by atoms with Gasteiger partial charge in [0.05, 0.1) is 0 Å². The molecule has 0 spiro atoms. The van der Waals surface area contributed by atoms with E-state index in [-0.39, 0.29) is 0 Å². The monoisotopic (exact) mass is 102 g/mol. The van der Waals surface area contributed by atoms with Crippen LogP contribution in [0.15, 0.2) is 5.16 Å². The van der Waals surface area contributed by atoms with Gasteiger partial charge in [0.25, 0.3) is 5.91 Å². The molecule has 0 aromatic heterocycles. The molecule has 0 radical (unpaired) electrons. The smallest absolute Gasteiger partial charge is 0.265 e. The molecule has 0 heterocycles. The maximum atomic E-state index is 9.99. The highest BCUT2D eigenvalue weighted by molar-refractivity contribution is 6.25. The normalized spacial score (nSPS) is 9.29. The van der Waals surface area contributed by atoms with Gasteiger partial charge in [0, 0.05) is 7.05 Å². The van der Waals surface area contributed by atoms with E-state index in [0.29, 0.717) is 0 Å². The van der Waals surface area contributed by atoms with Crippen molar-refractivity contribution in [3.05, 3.63) is 0 Å². The molecule has 0 rings (SSSR count). The predicted molar refractivity (Wildman–Crippen MR) is 24.3 cm³/mol. The first kappa shape index (κ1) is 5.94. The highest BCUT2D eigenvalue weighted by Crippen LogP contribution is 1.51. The average Bonchev–Trinajstić information content (AvgIpc) is 1.68. The highest BCUT2D eigenvalue weighted by Gasteiger charge is 1.84. The first-order valence-corrected chi connectivity index (χ1v) is 1.70. The number of nitrogens with one attached hydrogen (secondary N) is 1. The summed E-state index contributed by atoms with van der Waals surface area (Å²) < 4.78 is 0. The lowest BCUT2D eigenvalue weighted by Gasteiger charge is -1.82.